The van der Waals surface area contributed by atoms with Gasteiger partial charge >= 0.3 is 0 Å². The third-order valence-corrected chi connectivity index (χ3v) is 4.02. The monoisotopic (exact) mass is 385 g/mol. The molecule has 24 heavy (non-hydrogen) atoms. The normalized spacial score (nSPS) is 10.6. The number of halogens is 1. The molecule has 3 aromatic rings. The standard InChI is InChI=1S/C18H16BrN3O2/c1-12-5-2-3-8-15(12)18-21-17(24-22-18)10-9-16(23)20-14-7-4-6-13(19)11-14/h2-8,11H,9-10H2,1H3,(H,20,23). The van der Waals surface area contributed by atoms with Crippen molar-refractivity contribution in [2.75, 3.05) is 5.32 Å². The fraction of sp³-hybridized carbons (Fsp3) is 0.167. The molecule has 0 fully saturated rings. The molecule has 6 heteroatoms. The van der Waals surface area contributed by atoms with Gasteiger partial charge in [0.2, 0.25) is 17.6 Å². The molecular formula is C18H16BrN3O2. The van der Waals surface area contributed by atoms with Crippen LogP contribution in [0.2, 0.25) is 0 Å². The highest BCUT2D eigenvalue weighted by Gasteiger charge is 2.12. The topological polar surface area (TPSA) is 68.0 Å². The Morgan fingerprint density at radius 3 is 2.83 bits per heavy atom. The van der Waals surface area contributed by atoms with Crippen LogP contribution in [0.5, 0.6) is 0 Å². The van der Waals surface area contributed by atoms with Crippen LogP contribution in [0.15, 0.2) is 57.5 Å². The molecule has 0 aliphatic heterocycles. The number of benzene rings is 2. The van der Waals surface area contributed by atoms with Crippen LogP contribution in [0.25, 0.3) is 11.4 Å². The van der Waals surface area contributed by atoms with E-state index in [1.165, 1.54) is 0 Å². The van der Waals surface area contributed by atoms with Gasteiger partial charge < -0.3 is 9.84 Å². The SMILES string of the molecule is Cc1ccccc1-c1noc(CCC(=O)Nc2cccc(Br)c2)n1. The Balaban J connectivity index is 1.59. The lowest BCUT2D eigenvalue weighted by Crippen LogP contribution is -2.12. The Labute approximate surface area is 148 Å². The lowest BCUT2D eigenvalue weighted by atomic mass is 10.1. The van der Waals surface area contributed by atoms with E-state index in [4.69, 9.17) is 4.52 Å². The molecule has 0 radical (unpaired) electrons. The zero-order valence-electron chi connectivity index (χ0n) is 13.1. The lowest BCUT2D eigenvalue weighted by molar-refractivity contribution is -0.116. The molecule has 122 valence electrons. The number of carbonyl (C=O) groups is 1. The molecule has 0 aliphatic carbocycles. The summed E-state index contributed by atoms with van der Waals surface area (Å²) in [5.74, 6) is 0.914. The number of nitrogens with one attached hydrogen (secondary N) is 1. The van der Waals surface area contributed by atoms with E-state index in [9.17, 15) is 4.79 Å². The van der Waals surface area contributed by atoms with Gasteiger partial charge in [-0.15, -0.1) is 0 Å². The number of hydrogen-bond acceptors (Lipinski definition) is 4. The maximum absolute atomic E-state index is 12.0. The molecule has 0 atom stereocenters. The molecule has 0 unspecified atom stereocenters. The number of aromatic nitrogens is 2. The van der Waals surface area contributed by atoms with E-state index in [1.54, 1.807) is 0 Å². The fourth-order valence-electron chi connectivity index (χ4n) is 2.30. The lowest BCUT2D eigenvalue weighted by Gasteiger charge is -2.04. The van der Waals surface area contributed by atoms with Gasteiger partial charge in [-0.3, -0.25) is 4.79 Å². The predicted octanol–water partition coefficient (Wildman–Crippen LogP) is 4.38. The number of nitrogens with zero attached hydrogens (tertiary/aromatic N) is 2. The van der Waals surface area contributed by atoms with Crippen molar-refractivity contribution in [3.8, 4) is 11.4 Å². The van der Waals surface area contributed by atoms with Crippen molar-refractivity contribution in [2.45, 2.75) is 19.8 Å². The molecule has 1 amide bonds. The highest BCUT2D eigenvalue weighted by Crippen LogP contribution is 2.20. The van der Waals surface area contributed by atoms with E-state index in [0.717, 1.165) is 21.3 Å². The van der Waals surface area contributed by atoms with Gasteiger partial charge in [0.1, 0.15) is 0 Å². The summed E-state index contributed by atoms with van der Waals surface area (Å²) in [4.78, 5) is 16.4. The van der Waals surface area contributed by atoms with Gasteiger partial charge in [0.05, 0.1) is 0 Å². The summed E-state index contributed by atoms with van der Waals surface area (Å²) in [5, 5.41) is 6.84. The van der Waals surface area contributed by atoms with Crippen molar-refractivity contribution in [2.24, 2.45) is 0 Å². The van der Waals surface area contributed by atoms with Crippen LogP contribution in [0.3, 0.4) is 0 Å². The molecule has 0 bridgehead atoms. The first-order valence-corrected chi connectivity index (χ1v) is 8.35. The highest BCUT2D eigenvalue weighted by atomic mass is 79.9. The molecular weight excluding hydrogens is 370 g/mol. The van der Waals surface area contributed by atoms with Gasteiger partial charge in [-0.2, -0.15) is 4.98 Å². The molecule has 1 heterocycles. The minimum atomic E-state index is -0.0938. The average Bonchev–Trinajstić information content (AvgIpc) is 3.02. The number of anilines is 1. The van der Waals surface area contributed by atoms with Crippen LogP contribution in [0, 0.1) is 6.92 Å². The fourth-order valence-corrected chi connectivity index (χ4v) is 2.70. The largest absolute Gasteiger partial charge is 0.339 e. The number of aryl methyl sites for hydroxylation is 2. The zero-order chi connectivity index (χ0) is 16.9. The van der Waals surface area contributed by atoms with E-state index < -0.39 is 0 Å². The Morgan fingerprint density at radius 1 is 1.21 bits per heavy atom. The molecule has 1 aromatic heterocycles. The molecule has 2 aromatic carbocycles. The summed E-state index contributed by atoms with van der Waals surface area (Å²) in [5.41, 5.74) is 2.77. The second-order valence-corrected chi connectivity index (χ2v) is 6.30. The Morgan fingerprint density at radius 2 is 2.04 bits per heavy atom. The average molecular weight is 386 g/mol. The van der Waals surface area contributed by atoms with Crippen molar-refractivity contribution in [1.29, 1.82) is 0 Å². The molecule has 5 nitrogen and oxygen atoms in total. The van der Waals surface area contributed by atoms with Crippen molar-refractivity contribution in [3.63, 3.8) is 0 Å². The van der Waals surface area contributed by atoms with Gasteiger partial charge in [0, 0.05) is 28.6 Å². The van der Waals surface area contributed by atoms with Gasteiger partial charge in [-0.05, 0) is 30.7 Å². The van der Waals surface area contributed by atoms with Crippen LogP contribution in [0.4, 0.5) is 5.69 Å². The quantitative estimate of drug-likeness (QED) is 0.707. The second kappa shape index (κ2) is 7.40. The summed E-state index contributed by atoms with van der Waals surface area (Å²) in [6, 6.07) is 15.3. The number of hydrogen-bond donors (Lipinski definition) is 1. The second-order valence-electron chi connectivity index (χ2n) is 5.39. The third kappa shape index (κ3) is 4.08. The van der Waals surface area contributed by atoms with Crippen molar-refractivity contribution >= 4 is 27.5 Å². The van der Waals surface area contributed by atoms with Crippen LogP contribution in [-0.4, -0.2) is 16.0 Å². The van der Waals surface area contributed by atoms with Crippen molar-refractivity contribution in [1.82, 2.24) is 10.1 Å². The smallest absolute Gasteiger partial charge is 0.227 e. The number of rotatable bonds is 5. The Hall–Kier alpha value is -2.47. The predicted molar refractivity (Wildman–Crippen MR) is 95.6 cm³/mol. The van der Waals surface area contributed by atoms with Crippen molar-refractivity contribution in [3.05, 3.63) is 64.5 Å². The summed E-state index contributed by atoms with van der Waals surface area (Å²) in [6.07, 6.45) is 0.681. The zero-order valence-corrected chi connectivity index (χ0v) is 14.7. The van der Waals surface area contributed by atoms with Crippen LogP contribution in [0.1, 0.15) is 17.9 Å². The number of carbonyl (C=O) groups excluding carboxylic acids is 1. The first-order valence-electron chi connectivity index (χ1n) is 7.56. The Kier molecular flexibility index (Phi) is 5.05. The first kappa shape index (κ1) is 16.4. The van der Waals surface area contributed by atoms with E-state index in [1.807, 2.05) is 55.5 Å². The van der Waals surface area contributed by atoms with Crippen LogP contribution < -0.4 is 5.32 Å². The van der Waals surface area contributed by atoms with E-state index in [2.05, 4.69) is 31.4 Å². The van der Waals surface area contributed by atoms with Gasteiger partial charge in [-0.25, -0.2) is 0 Å². The Bertz CT molecular complexity index is 861. The maximum atomic E-state index is 12.0. The van der Waals surface area contributed by atoms with Crippen LogP contribution in [-0.2, 0) is 11.2 Å². The summed E-state index contributed by atoms with van der Waals surface area (Å²) >= 11 is 3.37. The van der Waals surface area contributed by atoms with Gasteiger partial charge in [0.25, 0.3) is 0 Å². The maximum Gasteiger partial charge on any atom is 0.227 e. The highest BCUT2D eigenvalue weighted by molar-refractivity contribution is 9.10. The molecule has 3 rings (SSSR count). The third-order valence-electron chi connectivity index (χ3n) is 3.53. The summed E-state index contributed by atoms with van der Waals surface area (Å²) in [6.45, 7) is 2.00. The first-order chi connectivity index (χ1) is 11.6. The van der Waals surface area contributed by atoms with Gasteiger partial charge in [-0.1, -0.05) is 51.4 Å². The molecule has 0 saturated carbocycles. The summed E-state index contributed by atoms with van der Waals surface area (Å²) in [7, 11) is 0. The minimum Gasteiger partial charge on any atom is -0.339 e. The van der Waals surface area contributed by atoms with Crippen LogP contribution >= 0.6 is 15.9 Å². The summed E-state index contributed by atoms with van der Waals surface area (Å²) < 4.78 is 6.16. The van der Waals surface area contributed by atoms with E-state index in [-0.39, 0.29) is 12.3 Å². The minimum absolute atomic E-state index is 0.0938. The van der Waals surface area contributed by atoms with E-state index in [0.29, 0.717) is 18.1 Å². The number of amides is 1. The van der Waals surface area contributed by atoms with Crippen molar-refractivity contribution < 1.29 is 9.32 Å². The molecule has 0 saturated heterocycles. The van der Waals surface area contributed by atoms with Gasteiger partial charge in [0.15, 0.2) is 0 Å². The molecule has 0 spiro atoms. The van der Waals surface area contributed by atoms with E-state index >= 15 is 0 Å². The molecule has 1 N–H and O–H groups in total. The molecule has 0 aliphatic rings.